The normalized spacial score (nSPS) is 11.4. The summed E-state index contributed by atoms with van der Waals surface area (Å²) in [6, 6.07) is 12.7. The molecule has 0 spiro atoms. The van der Waals surface area contributed by atoms with Gasteiger partial charge in [-0.3, -0.25) is 9.10 Å². The van der Waals surface area contributed by atoms with Crippen LogP contribution in [0, 0.1) is 6.92 Å². The molecule has 1 N–H and O–H groups in total. The number of ether oxygens (including phenoxy) is 1. The van der Waals surface area contributed by atoms with Gasteiger partial charge in [-0.1, -0.05) is 49.7 Å². The van der Waals surface area contributed by atoms with Gasteiger partial charge >= 0.3 is 0 Å². The molecule has 0 aliphatic rings. The van der Waals surface area contributed by atoms with Crippen LogP contribution in [0.15, 0.2) is 42.5 Å². The van der Waals surface area contributed by atoms with E-state index in [0.29, 0.717) is 22.2 Å². The average molecular weight is 439 g/mol. The first-order valence-corrected chi connectivity index (χ1v) is 11.5. The van der Waals surface area contributed by atoms with Gasteiger partial charge in [0, 0.05) is 5.02 Å². The van der Waals surface area contributed by atoms with Gasteiger partial charge in [-0.05, 0) is 42.2 Å². The molecule has 29 heavy (non-hydrogen) atoms. The number of carbonyl (C=O) groups is 1. The number of halogens is 1. The van der Waals surface area contributed by atoms with Crippen LogP contribution < -0.4 is 14.4 Å². The van der Waals surface area contributed by atoms with Crippen molar-refractivity contribution in [2.24, 2.45) is 0 Å². The van der Waals surface area contributed by atoms with E-state index in [4.69, 9.17) is 16.3 Å². The van der Waals surface area contributed by atoms with Gasteiger partial charge < -0.3 is 10.1 Å². The first-order valence-electron chi connectivity index (χ1n) is 9.32. The van der Waals surface area contributed by atoms with Crippen molar-refractivity contribution in [2.75, 3.05) is 30.3 Å². The molecule has 8 heteroatoms. The van der Waals surface area contributed by atoms with Crippen LogP contribution >= 0.6 is 11.6 Å². The van der Waals surface area contributed by atoms with Crippen molar-refractivity contribution in [1.82, 2.24) is 5.32 Å². The quantitative estimate of drug-likeness (QED) is 0.605. The molecule has 2 aromatic carbocycles. The predicted molar refractivity (Wildman–Crippen MR) is 117 cm³/mol. The van der Waals surface area contributed by atoms with Crippen molar-refractivity contribution in [2.45, 2.75) is 26.7 Å². The Balaban J connectivity index is 1.97. The minimum Gasteiger partial charge on any atom is -0.491 e. The summed E-state index contributed by atoms with van der Waals surface area (Å²) in [5.74, 6) is 0.685. The van der Waals surface area contributed by atoms with Crippen LogP contribution in [0.2, 0.25) is 5.02 Å². The Kier molecular flexibility index (Phi) is 7.93. The van der Waals surface area contributed by atoms with E-state index in [1.54, 1.807) is 19.1 Å². The second kappa shape index (κ2) is 9.98. The number of nitrogens with zero attached hydrogens (tertiary/aromatic N) is 1. The van der Waals surface area contributed by atoms with Crippen molar-refractivity contribution < 1.29 is 17.9 Å². The number of benzene rings is 2. The van der Waals surface area contributed by atoms with Crippen LogP contribution in [0.3, 0.4) is 0 Å². The maximum atomic E-state index is 12.4. The van der Waals surface area contributed by atoms with E-state index in [0.717, 1.165) is 21.9 Å². The number of hydrogen-bond acceptors (Lipinski definition) is 4. The molecular weight excluding hydrogens is 412 g/mol. The third-order valence-corrected chi connectivity index (χ3v) is 5.71. The lowest BCUT2D eigenvalue weighted by molar-refractivity contribution is -0.119. The Hall–Kier alpha value is -2.25. The first kappa shape index (κ1) is 23.0. The van der Waals surface area contributed by atoms with Crippen molar-refractivity contribution in [3.05, 3.63) is 58.6 Å². The van der Waals surface area contributed by atoms with E-state index >= 15 is 0 Å². The van der Waals surface area contributed by atoms with Crippen LogP contribution in [0.4, 0.5) is 5.69 Å². The molecule has 0 saturated carbocycles. The second-order valence-corrected chi connectivity index (χ2v) is 9.43. The number of sulfonamides is 1. The average Bonchev–Trinajstić information content (AvgIpc) is 2.64. The largest absolute Gasteiger partial charge is 0.491 e. The van der Waals surface area contributed by atoms with Gasteiger partial charge in [-0.25, -0.2) is 8.42 Å². The predicted octanol–water partition coefficient (Wildman–Crippen LogP) is 3.73. The van der Waals surface area contributed by atoms with Gasteiger partial charge in [-0.15, -0.1) is 0 Å². The number of anilines is 1. The minimum atomic E-state index is -3.66. The standard InChI is InChI=1S/C21H27ClN2O4S/c1-15(2)18-7-5-6-8-20(18)28-12-11-23-21(25)14-24(29(4,26)27)19-13-17(22)10-9-16(19)3/h5-10,13,15H,11-12,14H2,1-4H3,(H,23,25). The van der Waals surface area contributed by atoms with Gasteiger partial charge in [0.25, 0.3) is 0 Å². The molecule has 0 aliphatic carbocycles. The van der Waals surface area contributed by atoms with E-state index in [-0.39, 0.29) is 19.7 Å². The lowest BCUT2D eigenvalue weighted by Crippen LogP contribution is -2.41. The molecule has 0 fully saturated rings. The summed E-state index contributed by atoms with van der Waals surface area (Å²) in [6.07, 6.45) is 1.06. The van der Waals surface area contributed by atoms with Crippen LogP contribution in [0.5, 0.6) is 5.75 Å². The second-order valence-electron chi connectivity index (χ2n) is 7.09. The Morgan fingerprint density at radius 1 is 1.21 bits per heavy atom. The highest BCUT2D eigenvalue weighted by Gasteiger charge is 2.22. The molecular formula is C21H27ClN2O4S. The molecule has 1 amide bonds. The number of rotatable bonds is 9. The molecule has 0 aliphatic heterocycles. The van der Waals surface area contributed by atoms with Crippen LogP contribution in [0.25, 0.3) is 0 Å². The first-order chi connectivity index (χ1) is 13.6. The van der Waals surface area contributed by atoms with E-state index in [9.17, 15) is 13.2 Å². The highest BCUT2D eigenvalue weighted by Crippen LogP contribution is 2.27. The van der Waals surface area contributed by atoms with Crippen LogP contribution in [0.1, 0.15) is 30.9 Å². The minimum absolute atomic E-state index is 0.261. The van der Waals surface area contributed by atoms with Crippen molar-refractivity contribution in [3.8, 4) is 5.75 Å². The monoisotopic (exact) mass is 438 g/mol. The molecule has 0 bridgehead atoms. The van der Waals surface area contributed by atoms with Gasteiger partial charge in [0.2, 0.25) is 15.9 Å². The highest BCUT2D eigenvalue weighted by atomic mass is 35.5. The van der Waals surface area contributed by atoms with E-state index in [1.807, 2.05) is 24.3 Å². The molecule has 0 aromatic heterocycles. The van der Waals surface area contributed by atoms with Gasteiger partial charge in [-0.2, -0.15) is 0 Å². The SMILES string of the molecule is Cc1ccc(Cl)cc1N(CC(=O)NCCOc1ccccc1C(C)C)S(C)(=O)=O. The zero-order valence-electron chi connectivity index (χ0n) is 17.1. The number of aryl methyl sites for hydroxylation is 1. The molecule has 0 saturated heterocycles. The maximum Gasteiger partial charge on any atom is 0.240 e. The van der Waals surface area contributed by atoms with Gasteiger partial charge in [0.05, 0.1) is 18.5 Å². The fourth-order valence-electron chi connectivity index (χ4n) is 2.86. The summed E-state index contributed by atoms with van der Waals surface area (Å²) >= 11 is 6.00. The van der Waals surface area contributed by atoms with Crippen molar-refractivity contribution in [1.29, 1.82) is 0 Å². The number of hydrogen-bond donors (Lipinski definition) is 1. The number of carbonyl (C=O) groups excluding carboxylic acids is 1. The smallest absolute Gasteiger partial charge is 0.240 e. The summed E-state index contributed by atoms with van der Waals surface area (Å²) in [4.78, 5) is 12.4. The maximum absolute atomic E-state index is 12.4. The fraction of sp³-hybridized carbons (Fsp3) is 0.381. The summed E-state index contributed by atoms with van der Waals surface area (Å²) in [6.45, 7) is 6.15. The molecule has 158 valence electrons. The van der Waals surface area contributed by atoms with Crippen LogP contribution in [-0.4, -0.2) is 40.3 Å². The Bertz CT molecular complexity index is 961. The van der Waals surface area contributed by atoms with Crippen molar-refractivity contribution in [3.63, 3.8) is 0 Å². The zero-order valence-corrected chi connectivity index (χ0v) is 18.7. The van der Waals surface area contributed by atoms with Crippen molar-refractivity contribution >= 4 is 33.2 Å². The zero-order chi connectivity index (χ0) is 21.6. The Morgan fingerprint density at radius 3 is 2.55 bits per heavy atom. The molecule has 0 heterocycles. The lowest BCUT2D eigenvalue weighted by Gasteiger charge is -2.24. The molecule has 0 unspecified atom stereocenters. The third-order valence-electron chi connectivity index (χ3n) is 4.35. The van der Waals surface area contributed by atoms with Crippen LogP contribution in [-0.2, 0) is 14.8 Å². The number of amides is 1. The molecule has 0 radical (unpaired) electrons. The molecule has 6 nitrogen and oxygen atoms in total. The van der Waals surface area contributed by atoms with Gasteiger partial charge in [0.15, 0.2) is 0 Å². The summed E-state index contributed by atoms with van der Waals surface area (Å²) in [5.41, 5.74) is 2.19. The number of para-hydroxylation sites is 1. The topological polar surface area (TPSA) is 75.7 Å². The van der Waals surface area contributed by atoms with E-state index in [1.165, 1.54) is 6.07 Å². The molecule has 2 rings (SSSR count). The van der Waals surface area contributed by atoms with E-state index < -0.39 is 15.9 Å². The molecule has 2 aromatic rings. The third kappa shape index (κ3) is 6.65. The summed E-state index contributed by atoms with van der Waals surface area (Å²) in [5, 5.41) is 3.10. The Labute approximate surface area is 177 Å². The molecule has 0 atom stereocenters. The van der Waals surface area contributed by atoms with E-state index in [2.05, 4.69) is 19.2 Å². The Morgan fingerprint density at radius 2 is 1.90 bits per heavy atom. The summed E-state index contributed by atoms with van der Waals surface area (Å²) in [7, 11) is -3.66. The fourth-order valence-corrected chi connectivity index (χ4v) is 3.93. The highest BCUT2D eigenvalue weighted by molar-refractivity contribution is 7.92. The lowest BCUT2D eigenvalue weighted by atomic mass is 10.0. The van der Waals surface area contributed by atoms with Gasteiger partial charge in [0.1, 0.15) is 18.9 Å². The summed E-state index contributed by atoms with van der Waals surface area (Å²) < 4.78 is 31.3. The number of nitrogens with one attached hydrogen (secondary N) is 1.